The number of nitrogens with one attached hydrogen (secondary N) is 1. The second-order valence-electron chi connectivity index (χ2n) is 6.83. The molecule has 0 saturated carbocycles. The van der Waals surface area contributed by atoms with Gasteiger partial charge in [-0.1, -0.05) is 91.9 Å². The fraction of sp³-hybridized carbons (Fsp3) is 0.120. The Balaban J connectivity index is 1.57. The fourth-order valence-corrected chi connectivity index (χ4v) is 4.06. The van der Waals surface area contributed by atoms with Crippen molar-refractivity contribution in [2.45, 2.75) is 19.3 Å². The van der Waals surface area contributed by atoms with Gasteiger partial charge in [0.1, 0.15) is 0 Å². The highest BCUT2D eigenvalue weighted by Gasteiger charge is 2.23. The first-order chi connectivity index (χ1) is 14.2. The van der Waals surface area contributed by atoms with Gasteiger partial charge in [-0.25, -0.2) is 4.98 Å². The standard InChI is InChI=1S/C25H22N2OS/c1-2-18-13-15-19(16-14-18)22-17-29-25(26-22)27-24(28)23(20-9-5-3-6-10-20)21-11-7-4-8-12-21/h3-17,23H,2H2,1H3,(H,26,27,28). The number of amides is 1. The molecule has 0 radical (unpaired) electrons. The van der Waals surface area contributed by atoms with Crippen LogP contribution in [-0.4, -0.2) is 10.9 Å². The minimum absolute atomic E-state index is 0.0790. The maximum absolute atomic E-state index is 13.2. The summed E-state index contributed by atoms with van der Waals surface area (Å²) in [4.78, 5) is 17.8. The number of nitrogens with zero attached hydrogens (tertiary/aromatic N) is 1. The van der Waals surface area contributed by atoms with Crippen LogP contribution in [0.25, 0.3) is 11.3 Å². The van der Waals surface area contributed by atoms with Crippen molar-refractivity contribution in [2.24, 2.45) is 0 Å². The third-order valence-corrected chi connectivity index (χ3v) is 5.68. The molecule has 0 fully saturated rings. The van der Waals surface area contributed by atoms with Gasteiger partial charge in [-0.05, 0) is 23.1 Å². The van der Waals surface area contributed by atoms with Gasteiger partial charge in [0.15, 0.2) is 5.13 Å². The summed E-state index contributed by atoms with van der Waals surface area (Å²) in [7, 11) is 0. The Labute approximate surface area is 175 Å². The summed E-state index contributed by atoms with van der Waals surface area (Å²) in [5.74, 6) is -0.460. The third kappa shape index (κ3) is 4.44. The Morgan fingerprint density at radius 1 is 0.897 bits per heavy atom. The summed E-state index contributed by atoms with van der Waals surface area (Å²) in [6, 6.07) is 28.1. The summed E-state index contributed by atoms with van der Waals surface area (Å²) >= 11 is 1.45. The number of thiazole rings is 1. The molecular formula is C25H22N2OS. The van der Waals surface area contributed by atoms with E-state index >= 15 is 0 Å². The van der Waals surface area contributed by atoms with Crippen molar-refractivity contribution in [3.8, 4) is 11.3 Å². The number of anilines is 1. The fourth-order valence-electron chi connectivity index (χ4n) is 3.34. The molecule has 0 atom stereocenters. The second-order valence-corrected chi connectivity index (χ2v) is 7.69. The molecule has 0 saturated heterocycles. The van der Waals surface area contributed by atoms with Gasteiger partial charge in [0.05, 0.1) is 11.6 Å². The molecule has 1 amide bonds. The van der Waals surface area contributed by atoms with Gasteiger partial charge in [0.2, 0.25) is 5.91 Å². The van der Waals surface area contributed by atoms with Gasteiger partial charge >= 0.3 is 0 Å². The van der Waals surface area contributed by atoms with Crippen LogP contribution in [0.4, 0.5) is 5.13 Å². The van der Waals surface area contributed by atoms with Crippen molar-refractivity contribution in [3.63, 3.8) is 0 Å². The Morgan fingerprint density at radius 2 is 1.48 bits per heavy atom. The van der Waals surface area contributed by atoms with E-state index < -0.39 is 0 Å². The Hall–Kier alpha value is -3.24. The average Bonchev–Trinajstić information content (AvgIpc) is 3.24. The highest BCUT2D eigenvalue weighted by Crippen LogP contribution is 2.29. The molecule has 1 aromatic heterocycles. The van der Waals surface area contributed by atoms with E-state index in [1.165, 1.54) is 16.9 Å². The summed E-state index contributed by atoms with van der Waals surface area (Å²) < 4.78 is 0. The molecule has 4 heteroatoms. The first-order valence-electron chi connectivity index (χ1n) is 9.70. The lowest BCUT2D eigenvalue weighted by atomic mass is 9.90. The smallest absolute Gasteiger partial charge is 0.238 e. The molecule has 0 aliphatic heterocycles. The van der Waals surface area contributed by atoms with Crippen LogP contribution < -0.4 is 5.32 Å². The third-order valence-electron chi connectivity index (χ3n) is 4.92. The van der Waals surface area contributed by atoms with E-state index in [1.54, 1.807) is 0 Å². The molecular weight excluding hydrogens is 376 g/mol. The molecule has 0 aliphatic rings. The van der Waals surface area contributed by atoms with Crippen LogP contribution >= 0.6 is 11.3 Å². The molecule has 0 bridgehead atoms. The average molecular weight is 399 g/mol. The molecule has 0 aliphatic carbocycles. The van der Waals surface area contributed by atoms with Crippen molar-refractivity contribution in [2.75, 3.05) is 5.32 Å². The summed E-state index contributed by atoms with van der Waals surface area (Å²) in [6.07, 6.45) is 1.01. The zero-order valence-corrected chi connectivity index (χ0v) is 17.0. The number of hydrogen-bond acceptors (Lipinski definition) is 3. The largest absolute Gasteiger partial charge is 0.301 e. The van der Waals surface area contributed by atoms with Gasteiger partial charge in [0, 0.05) is 10.9 Å². The molecule has 4 rings (SSSR count). The van der Waals surface area contributed by atoms with Crippen LogP contribution in [0.2, 0.25) is 0 Å². The van der Waals surface area contributed by atoms with Crippen LogP contribution in [-0.2, 0) is 11.2 Å². The van der Waals surface area contributed by atoms with Gasteiger partial charge in [0.25, 0.3) is 0 Å². The molecule has 3 nitrogen and oxygen atoms in total. The van der Waals surface area contributed by atoms with Crippen molar-refractivity contribution in [1.29, 1.82) is 0 Å². The van der Waals surface area contributed by atoms with Crippen molar-refractivity contribution in [1.82, 2.24) is 4.98 Å². The van der Waals surface area contributed by atoms with Gasteiger partial charge in [-0.2, -0.15) is 0 Å². The lowest BCUT2D eigenvalue weighted by molar-refractivity contribution is -0.116. The first-order valence-corrected chi connectivity index (χ1v) is 10.6. The molecule has 1 N–H and O–H groups in total. The zero-order chi connectivity index (χ0) is 20.1. The van der Waals surface area contributed by atoms with E-state index in [1.807, 2.05) is 66.0 Å². The number of aryl methyl sites for hydroxylation is 1. The minimum atomic E-state index is -0.381. The maximum Gasteiger partial charge on any atom is 0.238 e. The summed E-state index contributed by atoms with van der Waals surface area (Å²) in [6.45, 7) is 2.14. The number of hydrogen-bond donors (Lipinski definition) is 1. The van der Waals surface area contributed by atoms with E-state index in [2.05, 4.69) is 41.5 Å². The van der Waals surface area contributed by atoms with E-state index in [-0.39, 0.29) is 11.8 Å². The normalized spacial score (nSPS) is 10.8. The predicted octanol–water partition coefficient (Wildman–Crippen LogP) is 6.14. The van der Waals surface area contributed by atoms with E-state index in [0.717, 1.165) is 28.8 Å². The quantitative estimate of drug-likeness (QED) is 0.424. The number of rotatable bonds is 6. The minimum Gasteiger partial charge on any atom is -0.301 e. The van der Waals surface area contributed by atoms with Crippen molar-refractivity contribution >= 4 is 22.4 Å². The monoisotopic (exact) mass is 398 g/mol. The Bertz CT molecular complexity index is 1030. The number of carbonyl (C=O) groups is 1. The Morgan fingerprint density at radius 3 is 2.03 bits per heavy atom. The van der Waals surface area contributed by atoms with Crippen LogP contribution in [0.1, 0.15) is 29.5 Å². The van der Waals surface area contributed by atoms with Crippen LogP contribution in [0.15, 0.2) is 90.3 Å². The van der Waals surface area contributed by atoms with E-state index in [0.29, 0.717) is 5.13 Å². The lowest BCUT2D eigenvalue weighted by Gasteiger charge is -2.17. The molecule has 0 spiro atoms. The number of benzene rings is 3. The molecule has 144 valence electrons. The molecule has 29 heavy (non-hydrogen) atoms. The van der Waals surface area contributed by atoms with E-state index in [9.17, 15) is 4.79 Å². The van der Waals surface area contributed by atoms with Crippen LogP contribution in [0.5, 0.6) is 0 Å². The van der Waals surface area contributed by atoms with Crippen LogP contribution in [0.3, 0.4) is 0 Å². The highest BCUT2D eigenvalue weighted by atomic mass is 32.1. The molecule has 4 aromatic rings. The summed E-state index contributed by atoms with van der Waals surface area (Å²) in [5, 5.41) is 5.62. The second kappa shape index (κ2) is 8.84. The van der Waals surface area contributed by atoms with Crippen molar-refractivity contribution < 1.29 is 4.79 Å². The van der Waals surface area contributed by atoms with Crippen LogP contribution in [0, 0.1) is 0 Å². The topological polar surface area (TPSA) is 42.0 Å². The summed E-state index contributed by atoms with van der Waals surface area (Å²) in [5.41, 5.74) is 5.16. The zero-order valence-electron chi connectivity index (χ0n) is 16.2. The van der Waals surface area contributed by atoms with Gasteiger partial charge < -0.3 is 5.32 Å². The Kier molecular flexibility index (Phi) is 5.82. The van der Waals surface area contributed by atoms with Crippen molar-refractivity contribution in [3.05, 3.63) is 107 Å². The first kappa shape index (κ1) is 19.1. The molecule has 1 heterocycles. The molecule has 0 unspecified atom stereocenters. The van der Waals surface area contributed by atoms with E-state index in [4.69, 9.17) is 0 Å². The number of aromatic nitrogens is 1. The van der Waals surface area contributed by atoms with Gasteiger partial charge in [-0.15, -0.1) is 11.3 Å². The predicted molar refractivity (Wildman–Crippen MR) is 120 cm³/mol. The molecule has 3 aromatic carbocycles. The highest BCUT2D eigenvalue weighted by molar-refractivity contribution is 7.14. The lowest BCUT2D eigenvalue weighted by Crippen LogP contribution is -2.22. The SMILES string of the molecule is CCc1ccc(-c2csc(NC(=O)C(c3ccccc3)c3ccccc3)n2)cc1. The maximum atomic E-state index is 13.2. The van der Waals surface area contributed by atoms with Gasteiger partial charge in [-0.3, -0.25) is 4.79 Å². The number of carbonyl (C=O) groups excluding carboxylic acids is 1.